The van der Waals surface area contributed by atoms with Crippen LogP contribution in [0.15, 0.2) is 60.1 Å². The lowest BCUT2D eigenvalue weighted by Gasteiger charge is -2.14. The third-order valence-electron chi connectivity index (χ3n) is 4.50. The zero-order valence-corrected chi connectivity index (χ0v) is 17.1. The number of aliphatic imine (C=N–C) groups is 1. The van der Waals surface area contributed by atoms with Gasteiger partial charge in [-0.3, -0.25) is 14.5 Å². The molecule has 2 amide bonds. The van der Waals surface area contributed by atoms with E-state index in [1.54, 1.807) is 18.2 Å². The van der Waals surface area contributed by atoms with Gasteiger partial charge in [0.15, 0.2) is 5.17 Å². The number of halogens is 1. The van der Waals surface area contributed by atoms with Crippen molar-refractivity contribution >= 4 is 40.1 Å². The van der Waals surface area contributed by atoms with Crippen molar-refractivity contribution in [1.29, 1.82) is 0 Å². The second-order valence-corrected chi connectivity index (χ2v) is 7.88. The van der Waals surface area contributed by atoms with Crippen molar-refractivity contribution in [2.75, 3.05) is 11.9 Å². The highest BCUT2D eigenvalue weighted by Gasteiger charge is 2.38. The van der Waals surface area contributed by atoms with Crippen molar-refractivity contribution < 1.29 is 14.0 Å². The Morgan fingerprint density at radius 1 is 1.24 bits per heavy atom. The normalized spacial score (nSPS) is 17.6. The summed E-state index contributed by atoms with van der Waals surface area (Å²) in [5.41, 5.74) is 2.92. The quantitative estimate of drug-likeness (QED) is 0.708. The fourth-order valence-corrected chi connectivity index (χ4v) is 4.19. The Bertz CT molecular complexity index is 970. The highest BCUT2D eigenvalue weighted by atomic mass is 32.2. The largest absolute Gasteiger partial charge is 0.324 e. The molecule has 1 N–H and O–H groups in total. The van der Waals surface area contributed by atoms with Gasteiger partial charge in [0.05, 0.1) is 11.4 Å². The van der Waals surface area contributed by atoms with E-state index in [1.165, 1.54) is 28.8 Å². The molecule has 0 radical (unpaired) electrons. The number of amides is 2. The summed E-state index contributed by atoms with van der Waals surface area (Å²) in [7, 11) is 0. The molecule has 7 heteroatoms. The Kier molecular flexibility index (Phi) is 6.49. The minimum Gasteiger partial charge on any atom is -0.324 e. The lowest BCUT2D eigenvalue weighted by atomic mass is 10.1. The Labute approximate surface area is 173 Å². The molecular formula is C22H22FN3O2S. The Morgan fingerprint density at radius 3 is 2.59 bits per heavy atom. The van der Waals surface area contributed by atoms with Crippen molar-refractivity contribution in [3.63, 3.8) is 0 Å². The third-order valence-corrected chi connectivity index (χ3v) is 5.67. The molecule has 1 aliphatic heterocycles. The standard InChI is InChI=1S/C22H22FN3O2S/c1-4-12-26-21(28)18(13-19(27)24-17-11-6-5-10-16(17)23)29-22(26)25-20-14(2)8-7-9-15(20)3/h4-11,18H,1,12-13H2,2-3H3,(H,24,27)/t18-/m0/s1. The maximum Gasteiger partial charge on any atom is 0.242 e. The van der Waals surface area contributed by atoms with Gasteiger partial charge in [-0.05, 0) is 37.1 Å². The number of hydrogen-bond acceptors (Lipinski definition) is 4. The number of hydrogen-bond donors (Lipinski definition) is 1. The number of nitrogens with one attached hydrogen (secondary N) is 1. The third kappa shape index (κ3) is 4.74. The second kappa shape index (κ2) is 9.05. The van der Waals surface area contributed by atoms with Crippen LogP contribution in [0.25, 0.3) is 0 Å². The van der Waals surface area contributed by atoms with E-state index in [-0.39, 0.29) is 18.0 Å². The van der Waals surface area contributed by atoms with Gasteiger partial charge in [-0.25, -0.2) is 9.38 Å². The van der Waals surface area contributed by atoms with Gasteiger partial charge < -0.3 is 5.32 Å². The summed E-state index contributed by atoms with van der Waals surface area (Å²) < 4.78 is 13.8. The number of amidine groups is 1. The molecule has 1 heterocycles. The molecule has 0 aromatic heterocycles. The first kappa shape index (κ1) is 20.8. The molecule has 0 saturated carbocycles. The van der Waals surface area contributed by atoms with Gasteiger partial charge in [-0.2, -0.15) is 0 Å². The smallest absolute Gasteiger partial charge is 0.242 e. The van der Waals surface area contributed by atoms with E-state index in [9.17, 15) is 14.0 Å². The zero-order chi connectivity index (χ0) is 21.0. The molecule has 3 rings (SSSR count). The van der Waals surface area contributed by atoms with E-state index >= 15 is 0 Å². The number of benzene rings is 2. The summed E-state index contributed by atoms with van der Waals surface area (Å²) in [6.07, 6.45) is 1.55. The molecule has 2 aromatic rings. The number of thioether (sulfide) groups is 1. The monoisotopic (exact) mass is 411 g/mol. The molecule has 0 bridgehead atoms. The summed E-state index contributed by atoms with van der Waals surface area (Å²) in [6.45, 7) is 7.94. The van der Waals surface area contributed by atoms with Gasteiger partial charge in [-0.15, -0.1) is 6.58 Å². The van der Waals surface area contributed by atoms with Crippen molar-refractivity contribution in [1.82, 2.24) is 4.90 Å². The lowest BCUT2D eigenvalue weighted by molar-refractivity contribution is -0.127. The molecule has 0 unspecified atom stereocenters. The minimum atomic E-state index is -0.621. The number of para-hydroxylation sites is 2. The predicted molar refractivity (Wildman–Crippen MR) is 116 cm³/mol. The van der Waals surface area contributed by atoms with Crippen LogP contribution < -0.4 is 5.32 Å². The van der Waals surface area contributed by atoms with Crippen molar-refractivity contribution in [2.24, 2.45) is 4.99 Å². The summed E-state index contributed by atoms with van der Waals surface area (Å²) in [5.74, 6) is -1.15. The van der Waals surface area contributed by atoms with Gasteiger partial charge >= 0.3 is 0 Å². The average Bonchev–Trinajstić information content (AvgIpc) is 2.96. The Balaban J connectivity index is 1.80. The number of rotatable bonds is 6. The molecule has 1 aliphatic rings. The molecule has 5 nitrogen and oxygen atoms in total. The topological polar surface area (TPSA) is 61.8 Å². The first-order valence-electron chi connectivity index (χ1n) is 9.19. The molecule has 2 aromatic carbocycles. The van der Waals surface area contributed by atoms with E-state index in [0.717, 1.165) is 16.8 Å². The lowest BCUT2D eigenvalue weighted by Crippen LogP contribution is -2.33. The van der Waals surface area contributed by atoms with Gasteiger partial charge in [0.25, 0.3) is 0 Å². The number of carbonyl (C=O) groups is 2. The van der Waals surface area contributed by atoms with Crippen LogP contribution in [0.4, 0.5) is 15.8 Å². The fraction of sp³-hybridized carbons (Fsp3) is 0.227. The molecule has 1 saturated heterocycles. The summed E-state index contributed by atoms with van der Waals surface area (Å²) in [5, 5.41) is 2.45. The Hall–Kier alpha value is -2.93. The molecular weight excluding hydrogens is 389 g/mol. The number of anilines is 1. The van der Waals surface area contributed by atoms with Crippen molar-refractivity contribution in [3.8, 4) is 0 Å². The van der Waals surface area contributed by atoms with E-state index < -0.39 is 17.0 Å². The van der Waals surface area contributed by atoms with Gasteiger partial charge in [-0.1, -0.05) is 48.2 Å². The van der Waals surface area contributed by atoms with Crippen LogP contribution in [-0.2, 0) is 9.59 Å². The summed E-state index contributed by atoms with van der Waals surface area (Å²) >= 11 is 1.25. The van der Waals surface area contributed by atoms with Crippen LogP contribution in [0, 0.1) is 19.7 Å². The fourth-order valence-electron chi connectivity index (χ4n) is 3.03. The second-order valence-electron chi connectivity index (χ2n) is 6.71. The highest BCUT2D eigenvalue weighted by molar-refractivity contribution is 8.15. The van der Waals surface area contributed by atoms with Crippen molar-refractivity contribution in [3.05, 3.63) is 72.1 Å². The molecule has 1 fully saturated rings. The van der Waals surface area contributed by atoms with E-state index in [1.807, 2.05) is 32.0 Å². The highest BCUT2D eigenvalue weighted by Crippen LogP contribution is 2.33. The van der Waals surface area contributed by atoms with Crippen LogP contribution in [0.1, 0.15) is 17.5 Å². The average molecular weight is 412 g/mol. The molecule has 1 atom stereocenters. The molecule has 150 valence electrons. The maximum absolute atomic E-state index is 13.8. The van der Waals surface area contributed by atoms with Gasteiger partial charge in [0, 0.05) is 13.0 Å². The van der Waals surface area contributed by atoms with Crippen LogP contribution in [-0.4, -0.2) is 33.7 Å². The molecule has 29 heavy (non-hydrogen) atoms. The Morgan fingerprint density at radius 2 is 1.93 bits per heavy atom. The van der Waals surface area contributed by atoms with Gasteiger partial charge in [0.2, 0.25) is 11.8 Å². The van der Waals surface area contributed by atoms with Crippen LogP contribution in [0.5, 0.6) is 0 Å². The minimum absolute atomic E-state index is 0.0722. The number of aryl methyl sites for hydroxylation is 2. The SMILES string of the molecule is C=CCN1C(=O)[C@H](CC(=O)Nc2ccccc2F)SC1=Nc1c(C)cccc1C. The first-order valence-corrected chi connectivity index (χ1v) is 10.1. The maximum atomic E-state index is 13.8. The van der Waals surface area contributed by atoms with Gasteiger partial charge in [0.1, 0.15) is 11.1 Å². The van der Waals surface area contributed by atoms with E-state index in [0.29, 0.717) is 11.7 Å². The van der Waals surface area contributed by atoms with Crippen LogP contribution in [0.3, 0.4) is 0 Å². The van der Waals surface area contributed by atoms with Crippen molar-refractivity contribution in [2.45, 2.75) is 25.5 Å². The van der Waals surface area contributed by atoms with E-state index in [2.05, 4.69) is 11.9 Å². The molecule has 0 spiro atoms. The number of nitrogens with zero attached hydrogens (tertiary/aromatic N) is 2. The van der Waals surface area contributed by atoms with Crippen LogP contribution >= 0.6 is 11.8 Å². The van der Waals surface area contributed by atoms with E-state index in [4.69, 9.17) is 4.99 Å². The summed E-state index contributed by atoms with van der Waals surface area (Å²) in [6, 6.07) is 11.8. The first-order chi connectivity index (χ1) is 13.9. The predicted octanol–water partition coefficient (Wildman–Crippen LogP) is 4.59. The summed E-state index contributed by atoms with van der Waals surface area (Å²) in [4.78, 5) is 31.5. The molecule has 0 aliphatic carbocycles. The zero-order valence-electron chi connectivity index (χ0n) is 16.3. The number of carbonyl (C=O) groups excluding carboxylic acids is 2. The van der Waals surface area contributed by atoms with Crippen LogP contribution in [0.2, 0.25) is 0 Å².